The summed E-state index contributed by atoms with van der Waals surface area (Å²) in [4.78, 5) is 0. The number of benzene rings is 1. The molecule has 0 unspecified atom stereocenters. The summed E-state index contributed by atoms with van der Waals surface area (Å²) in [6.07, 6.45) is 0. The second-order valence-corrected chi connectivity index (χ2v) is 2.68. The van der Waals surface area contributed by atoms with Gasteiger partial charge in [-0.1, -0.05) is 16.8 Å². The van der Waals surface area contributed by atoms with Crippen LogP contribution < -0.4 is 4.74 Å². The van der Waals surface area contributed by atoms with Crippen molar-refractivity contribution in [2.45, 2.75) is 6.54 Å². The van der Waals surface area contributed by atoms with Crippen LogP contribution in [0.4, 0.5) is 4.48 Å². The zero-order valence-corrected chi connectivity index (χ0v) is 7.38. The first-order valence-corrected chi connectivity index (χ1v) is 3.78. The third-order valence-corrected chi connectivity index (χ3v) is 1.58. The maximum absolute atomic E-state index is 12.1. The molecule has 1 aromatic rings. The van der Waals surface area contributed by atoms with Gasteiger partial charge in [-0.3, -0.25) is 0 Å². The van der Waals surface area contributed by atoms with Gasteiger partial charge >= 0.3 is 0 Å². The van der Waals surface area contributed by atoms with Crippen molar-refractivity contribution in [3.63, 3.8) is 0 Å². The van der Waals surface area contributed by atoms with Crippen molar-refractivity contribution in [3.05, 3.63) is 29.8 Å². The lowest BCUT2D eigenvalue weighted by Gasteiger charge is -2.03. The second-order valence-electron chi connectivity index (χ2n) is 2.31. The quantitative estimate of drug-likeness (QED) is 0.678. The Bertz CT molecular complexity index is 237. The first-order chi connectivity index (χ1) is 5.72. The van der Waals surface area contributed by atoms with Crippen LogP contribution in [0.3, 0.4) is 0 Å². The zero-order chi connectivity index (χ0) is 8.97. The lowest BCUT2D eigenvalue weighted by Crippen LogP contribution is -1.98. The highest BCUT2D eigenvalue weighted by molar-refractivity contribution is 6.12. The maximum atomic E-state index is 12.1. The summed E-state index contributed by atoms with van der Waals surface area (Å²) < 4.78 is 17.2. The van der Waals surface area contributed by atoms with Crippen LogP contribution in [0.5, 0.6) is 5.75 Å². The van der Waals surface area contributed by atoms with Crippen molar-refractivity contribution in [3.8, 4) is 5.75 Å². The fourth-order valence-corrected chi connectivity index (χ4v) is 1.01. The molecule has 0 saturated carbocycles. The van der Waals surface area contributed by atoms with Gasteiger partial charge in [0.2, 0.25) is 0 Å². The second kappa shape index (κ2) is 4.28. The van der Waals surface area contributed by atoms with Crippen LogP contribution in [0.25, 0.3) is 0 Å². The maximum Gasteiger partial charge on any atom is 0.118 e. The lowest BCUT2D eigenvalue weighted by molar-refractivity contribution is 0.137. The number of hydrogen-bond acceptors (Lipinski definition) is 2. The summed E-state index contributed by atoms with van der Waals surface area (Å²) in [6.45, 7) is 0.0750. The number of nitrogens with zero attached hydrogens (tertiary/aromatic N) is 1. The predicted octanol–water partition coefficient (Wildman–Crippen LogP) is 2.54. The smallest absolute Gasteiger partial charge is 0.118 e. The van der Waals surface area contributed by atoms with E-state index in [9.17, 15) is 4.48 Å². The standard InChI is InChI=1S/C8H9ClFNO/c1-12-8-4-2-7(3-5-8)6-11(9)10/h2-5H,6H2,1H3. The number of hydrogen-bond donors (Lipinski definition) is 0. The average Bonchev–Trinajstić information content (AvgIpc) is 2.05. The van der Waals surface area contributed by atoms with Gasteiger partial charge in [0.15, 0.2) is 0 Å². The monoisotopic (exact) mass is 189 g/mol. The fraction of sp³-hybridized carbons (Fsp3) is 0.250. The molecule has 0 N–H and O–H groups in total. The van der Waals surface area contributed by atoms with E-state index in [0.29, 0.717) is 0 Å². The van der Waals surface area contributed by atoms with Gasteiger partial charge in [-0.15, -0.1) is 4.48 Å². The summed E-state index contributed by atoms with van der Waals surface area (Å²) in [5.74, 6) is 0.749. The van der Waals surface area contributed by atoms with Crippen LogP contribution in [0, 0.1) is 0 Å². The molecule has 0 aliphatic carbocycles. The number of halogens is 2. The number of rotatable bonds is 3. The van der Waals surface area contributed by atoms with E-state index in [1.54, 1.807) is 31.4 Å². The van der Waals surface area contributed by atoms with Crippen molar-refractivity contribution in [2.75, 3.05) is 7.11 Å². The normalized spacial score (nSPS) is 10.3. The van der Waals surface area contributed by atoms with E-state index in [1.165, 1.54) is 0 Å². The molecule has 12 heavy (non-hydrogen) atoms. The van der Waals surface area contributed by atoms with Crippen LogP contribution in [-0.4, -0.2) is 11.8 Å². The Morgan fingerprint density at radius 3 is 2.42 bits per heavy atom. The molecule has 1 aromatic carbocycles. The van der Waals surface area contributed by atoms with Crippen LogP contribution in [-0.2, 0) is 6.54 Å². The fourth-order valence-electron chi connectivity index (χ4n) is 0.869. The Balaban J connectivity index is 2.65. The van der Waals surface area contributed by atoms with E-state index >= 15 is 0 Å². The largest absolute Gasteiger partial charge is 0.497 e. The minimum Gasteiger partial charge on any atom is -0.497 e. The Morgan fingerprint density at radius 2 is 2.00 bits per heavy atom. The predicted molar refractivity (Wildman–Crippen MR) is 45.5 cm³/mol. The summed E-state index contributed by atoms with van der Waals surface area (Å²) in [5.41, 5.74) is 0.799. The molecule has 0 atom stereocenters. The first-order valence-electron chi connectivity index (χ1n) is 3.44. The number of ether oxygens (including phenoxy) is 1. The van der Waals surface area contributed by atoms with E-state index in [1.807, 2.05) is 0 Å². The van der Waals surface area contributed by atoms with Crippen molar-refractivity contribution in [1.29, 1.82) is 0 Å². The molecule has 0 aliphatic heterocycles. The third-order valence-electron chi connectivity index (χ3n) is 1.46. The number of methoxy groups -OCH3 is 1. The summed E-state index contributed by atoms with van der Waals surface area (Å²) in [7, 11) is 1.58. The van der Waals surface area contributed by atoms with Crippen LogP contribution in [0.1, 0.15) is 5.56 Å². The highest BCUT2D eigenvalue weighted by Crippen LogP contribution is 2.13. The molecule has 0 spiro atoms. The zero-order valence-electron chi connectivity index (χ0n) is 6.63. The molecule has 1 rings (SSSR count). The van der Waals surface area contributed by atoms with Crippen LogP contribution >= 0.6 is 11.8 Å². The summed E-state index contributed by atoms with van der Waals surface area (Å²) >= 11 is 5.02. The molecular weight excluding hydrogens is 181 g/mol. The molecule has 0 bridgehead atoms. The molecule has 0 saturated heterocycles. The SMILES string of the molecule is COc1ccc(CN(F)Cl)cc1. The summed E-state index contributed by atoms with van der Waals surface area (Å²) in [5, 5.41) is 0. The molecule has 0 aromatic heterocycles. The van der Waals surface area contributed by atoms with E-state index in [4.69, 9.17) is 16.5 Å². The molecule has 2 nitrogen and oxygen atoms in total. The summed E-state index contributed by atoms with van der Waals surface area (Å²) in [6, 6.07) is 7.03. The average molecular weight is 190 g/mol. The molecule has 66 valence electrons. The minimum absolute atomic E-state index is 0.0750. The van der Waals surface area contributed by atoms with Gasteiger partial charge in [0, 0.05) is 11.8 Å². The molecule has 0 fully saturated rings. The van der Waals surface area contributed by atoms with Crippen molar-refractivity contribution in [2.24, 2.45) is 0 Å². The highest BCUT2D eigenvalue weighted by Gasteiger charge is 1.99. The van der Waals surface area contributed by atoms with E-state index in [-0.39, 0.29) is 11.2 Å². The first kappa shape index (κ1) is 9.29. The molecule has 0 amide bonds. The van der Waals surface area contributed by atoms with Crippen molar-refractivity contribution < 1.29 is 9.22 Å². The topological polar surface area (TPSA) is 12.5 Å². The minimum atomic E-state index is 0.0750. The van der Waals surface area contributed by atoms with Gasteiger partial charge < -0.3 is 4.74 Å². The molecule has 0 heterocycles. The van der Waals surface area contributed by atoms with Crippen LogP contribution in [0.2, 0.25) is 0 Å². The van der Waals surface area contributed by atoms with Crippen molar-refractivity contribution >= 4 is 11.8 Å². The molecule has 4 heteroatoms. The third kappa shape index (κ3) is 2.68. The van der Waals surface area contributed by atoms with Gasteiger partial charge in [0.1, 0.15) is 5.75 Å². The van der Waals surface area contributed by atoms with Gasteiger partial charge in [0.05, 0.1) is 13.7 Å². The highest BCUT2D eigenvalue weighted by atomic mass is 35.5. The van der Waals surface area contributed by atoms with E-state index in [0.717, 1.165) is 11.3 Å². The molecule has 0 aliphatic rings. The Labute approximate surface area is 75.6 Å². The van der Waals surface area contributed by atoms with Gasteiger partial charge in [-0.05, 0) is 17.7 Å². The molecule has 0 radical (unpaired) electrons. The lowest BCUT2D eigenvalue weighted by atomic mass is 10.2. The van der Waals surface area contributed by atoms with Gasteiger partial charge in [-0.2, -0.15) is 0 Å². The van der Waals surface area contributed by atoms with E-state index < -0.39 is 0 Å². The Hall–Kier alpha value is -0.800. The Kier molecular flexibility index (Phi) is 3.31. The van der Waals surface area contributed by atoms with Crippen molar-refractivity contribution in [1.82, 2.24) is 4.64 Å². The van der Waals surface area contributed by atoms with Crippen LogP contribution in [0.15, 0.2) is 24.3 Å². The van der Waals surface area contributed by atoms with E-state index in [2.05, 4.69) is 0 Å². The Morgan fingerprint density at radius 1 is 1.42 bits per heavy atom. The molecular formula is C8H9ClFNO. The van der Waals surface area contributed by atoms with Gasteiger partial charge in [-0.25, -0.2) is 0 Å². The van der Waals surface area contributed by atoms with Gasteiger partial charge in [0.25, 0.3) is 0 Å².